The van der Waals surface area contributed by atoms with Gasteiger partial charge in [-0.25, -0.2) is 22.7 Å². The monoisotopic (exact) mass is 400 g/mol. The Bertz CT molecular complexity index is 1150. The third kappa shape index (κ3) is 3.22. The van der Waals surface area contributed by atoms with Gasteiger partial charge in [-0.05, 0) is 24.6 Å². The van der Waals surface area contributed by atoms with Crippen LogP contribution < -0.4 is 4.73 Å². The summed E-state index contributed by atoms with van der Waals surface area (Å²) in [5.74, 6) is -0.422. The zero-order valence-corrected chi connectivity index (χ0v) is 15.4. The minimum Gasteiger partial charge on any atom is -0.711 e. The Morgan fingerprint density at radius 2 is 1.96 bits per heavy atom. The summed E-state index contributed by atoms with van der Waals surface area (Å²) in [7, 11) is -2.56. The highest BCUT2D eigenvalue weighted by Gasteiger charge is 2.35. The van der Waals surface area contributed by atoms with E-state index in [0.717, 1.165) is 0 Å². The quantitative estimate of drug-likeness (QED) is 0.497. The first kappa shape index (κ1) is 19.1. The molecular formula is C16H15F3N4O3S. The number of pyridine rings is 2. The molecular weight excluding hydrogens is 385 g/mol. The third-order valence-corrected chi connectivity index (χ3v) is 5.83. The molecule has 3 heterocycles. The van der Waals surface area contributed by atoms with E-state index in [1.807, 2.05) is 0 Å². The van der Waals surface area contributed by atoms with Gasteiger partial charge in [0.15, 0.2) is 15.4 Å². The Morgan fingerprint density at radius 1 is 1.30 bits per heavy atom. The topological polar surface area (TPSA) is 91.8 Å². The molecule has 27 heavy (non-hydrogen) atoms. The smallest absolute Gasteiger partial charge is 0.417 e. The van der Waals surface area contributed by atoms with Crippen molar-refractivity contribution in [3.63, 3.8) is 0 Å². The predicted molar refractivity (Wildman–Crippen MR) is 90.4 cm³/mol. The lowest BCUT2D eigenvalue weighted by molar-refractivity contribution is -0.580. The molecule has 0 aliphatic heterocycles. The molecule has 0 aliphatic carbocycles. The van der Waals surface area contributed by atoms with Crippen LogP contribution in [0.5, 0.6) is 0 Å². The molecule has 0 unspecified atom stereocenters. The molecule has 0 saturated carbocycles. The summed E-state index contributed by atoms with van der Waals surface area (Å²) < 4.78 is 65.8. The summed E-state index contributed by atoms with van der Waals surface area (Å²) in [5.41, 5.74) is -0.363. The fraction of sp³-hybridized carbons (Fsp3) is 0.312. The van der Waals surface area contributed by atoms with E-state index >= 15 is 0 Å². The summed E-state index contributed by atoms with van der Waals surface area (Å²) in [5, 5.41) is 12.2. The average molecular weight is 400 g/mol. The Morgan fingerprint density at radius 3 is 2.56 bits per heavy atom. The van der Waals surface area contributed by atoms with E-state index in [2.05, 4.69) is 9.97 Å². The third-order valence-electron chi connectivity index (χ3n) is 4.09. The summed E-state index contributed by atoms with van der Waals surface area (Å²) in [6, 6.07) is 2.17. The Balaban J connectivity index is 2.37. The molecule has 0 saturated heterocycles. The lowest BCUT2D eigenvalue weighted by Gasteiger charge is -2.11. The van der Waals surface area contributed by atoms with Crippen molar-refractivity contribution >= 4 is 21.0 Å². The Kier molecular flexibility index (Phi) is 4.37. The predicted octanol–water partition coefficient (Wildman–Crippen LogP) is 2.39. The first-order valence-electron chi connectivity index (χ1n) is 7.82. The van der Waals surface area contributed by atoms with Crippen LogP contribution in [0, 0.1) is 12.1 Å². The van der Waals surface area contributed by atoms with E-state index < -0.39 is 32.2 Å². The van der Waals surface area contributed by atoms with Gasteiger partial charge in [-0.2, -0.15) is 18.2 Å². The minimum absolute atomic E-state index is 0.0130. The highest BCUT2D eigenvalue weighted by atomic mass is 32.2. The molecule has 3 rings (SSSR count). The van der Waals surface area contributed by atoms with Crippen LogP contribution >= 0.6 is 0 Å². The number of rotatable bonds is 3. The van der Waals surface area contributed by atoms with Gasteiger partial charge in [0.1, 0.15) is 5.69 Å². The number of fused-ring (bicyclic) bond motifs is 1. The summed E-state index contributed by atoms with van der Waals surface area (Å²) >= 11 is 0. The molecule has 0 bridgehead atoms. The number of aryl methyl sites for hydroxylation is 2. The first-order valence-corrected chi connectivity index (χ1v) is 9.47. The van der Waals surface area contributed by atoms with Crippen molar-refractivity contribution in [2.45, 2.75) is 24.9 Å². The van der Waals surface area contributed by atoms with Crippen molar-refractivity contribution in [2.75, 3.05) is 5.75 Å². The number of sulfone groups is 1. The molecule has 7 nitrogen and oxygen atoms in total. The maximum Gasteiger partial charge on any atom is 0.417 e. The van der Waals surface area contributed by atoms with Crippen molar-refractivity contribution < 1.29 is 26.3 Å². The van der Waals surface area contributed by atoms with Gasteiger partial charge in [0, 0.05) is 6.20 Å². The minimum atomic E-state index is -4.74. The first-order chi connectivity index (χ1) is 12.5. The van der Waals surface area contributed by atoms with Gasteiger partial charge in [0.25, 0.3) is 0 Å². The molecule has 0 N–H and O–H groups in total. The maximum absolute atomic E-state index is 13.0. The maximum atomic E-state index is 13.0. The van der Waals surface area contributed by atoms with Crippen molar-refractivity contribution in [2.24, 2.45) is 7.05 Å². The van der Waals surface area contributed by atoms with Crippen LogP contribution in [-0.2, 0) is 23.1 Å². The van der Waals surface area contributed by atoms with Gasteiger partial charge in [-0.1, -0.05) is 6.92 Å². The van der Waals surface area contributed by atoms with Crippen LogP contribution in [0.4, 0.5) is 13.2 Å². The normalized spacial score (nSPS) is 12.7. The Labute approximate surface area is 152 Å². The van der Waals surface area contributed by atoms with Crippen LogP contribution in [0.2, 0.25) is 0 Å². The molecule has 0 aliphatic rings. The molecule has 0 atom stereocenters. The molecule has 0 aromatic carbocycles. The van der Waals surface area contributed by atoms with Crippen molar-refractivity contribution in [3.05, 3.63) is 40.9 Å². The molecule has 0 spiro atoms. The second kappa shape index (κ2) is 6.19. The van der Waals surface area contributed by atoms with E-state index in [0.29, 0.717) is 22.6 Å². The van der Waals surface area contributed by atoms with Gasteiger partial charge in [-0.15, -0.1) is 0 Å². The van der Waals surface area contributed by atoms with E-state index in [4.69, 9.17) is 0 Å². The van der Waals surface area contributed by atoms with Crippen molar-refractivity contribution in [1.29, 1.82) is 0 Å². The van der Waals surface area contributed by atoms with E-state index in [-0.39, 0.29) is 22.7 Å². The SMILES string of the molecule is CCS(=O)(=O)c1cc(C(F)(F)F)cnc1-c1nc2cc(C)c[n+]([O-])c2n1C. The second-order valence-electron chi connectivity index (χ2n) is 6.02. The highest BCUT2D eigenvalue weighted by molar-refractivity contribution is 7.91. The van der Waals surface area contributed by atoms with E-state index in [1.165, 1.54) is 24.7 Å². The molecule has 0 fully saturated rings. The number of nitrogens with zero attached hydrogens (tertiary/aromatic N) is 4. The molecule has 0 amide bonds. The second-order valence-corrected chi connectivity index (χ2v) is 8.27. The number of alkyl halides is 3. The number of hydrogen-bond donors (Lipinski definition) is 0. The highest BCUT2D eigenvalue weighted by Crippen LogP contribution is 2.34. The molecule has 0 radical (unpaired) electrons. The number of hydrogen-bond acceptors (Lipinski definition) is 5. The fourth-order valence-electron chi connectivity index (χ4n) is 2.74. The lowest BCUT2D eigenvalue weighted by Crippen LogP contribution is -2.28. The summed E-state index contributed by atoms with van der Waals surface area (Å²) in [6.45, 7) is 3.01. The summed E-state index contributed by atoms with van der Waals surface area (Å²) in [4.78, 5) is 7.41. The molecule has 11 heteroatoms. The molecule has 3 aromatic heterocycles. The Hall–Kier alpha value is -2.69. The van der Waals surface area contributed by atoms with Crippen LogP contribution in [-0.4, -0.2) is 28.7 Å². The number of imidazole rings is 1. The van der Waals surface area contributed by atoms with Gasteiger partial charge in [-0.3, -0.25) is 0 Å². The average Bonchev–Trinajstić information content (AvgIpc) is 2.90. The van der Waals surface area contributed by atoms with Gasteiger partial charge in [0.05, 0.1) is 29.5 Å². The zero-order chi connectivity index (χ0) is 20.1. The van der Waals surface area contributed by atoms with Crippen LogP contribution in [0.3, 0.4) is 0 Å². The van der Waals surface area contributed by atoms with Gasteiger partial charge >= 0.3 is 11.8 Å². The van der Waals surface area contributed by atoms with Gasteiger partial charge in [0.2, 0.25) is 5.82 Å². The summed E-state index contributed by atoms with van der Waals surface area (Å²) in [6.07, 6.45) is -2.87. The van der Waals surface area contributed by atoms with Crippen LogP contribution in [0.1, 0.15) is 18.1 Å². The fourth-order valence-corrected chi connectivity index (χ4v) is 3.80. The van der Waals surface area contributed by atoms with Crippen LogP contribution in [0.25, 0.3) is 22.7 Å². The molecule has 144 valence electrons. The van der Waals surface area contributed by atoms with Crippen molar-refractivity contribution in [1.82, 2.24) is 14.5 Å². The van der Waals surface area contributed by atoms with Gasteiger partial charge < -0.3 is 5.21 Å². The van der Waals surface area contributed by atoms with E-state index in [1.54, 1.807) is 13.0 Å². The van der Waals surface area contributed by atoms with E-state index in [9.17, 15) is 26.8 Å². The van der Waals surface area contributed by atoms with Crippen molar-refractivity contribution in [3.8, 4) is 11.5 Å². The molecule has 3 aromatic rings. The largest absolute Gasteiger partial charge is 0.711 e. The van der Waals surface area contributed by atoms with Crippen LogP contribution in [0.15, 0.2) is 29.4 Å². The zero-order valence-electron chi connectivity index (χ0n) is 14.6. The number of aromatic nitrogens is 4. The number of halogens is 3. The standard InChI is InChI=1S/C16H15F3N4O3S/c1-4-27(25,26)12-6-10(16(17,18)19)7-20-13(12)14-21-11-5-9(2)8-23(24)15(11)22(14)3/h5-8H,4H2,1-3H3. The lowest BCUT2D eigenvalue weighted by atomic mass is 10.2.